The maximum Gasteiger partial charge on any atom is 0.296 e. The Morgan fingerprint density at radius 1 is 1.10 bits per heavy atom. The topological polar surface area (TPSA) is 101 Å². The fourth-order valence-corrected chi connectivity index (χ4v) is 4.47. The molecule has 0 radical (unpaired) electrons. The Morgan fingerprint density at radius 3 is 2.45 bits per heavy atom. The molecule has 4 rings (SSSR count). The van der Waals surface area contributed by atoms with Crippen molar-refractivity contribution in [3.8, 4) is 22.8 Å². The first-order valence-corrected chi connectivity index (χ1v) is 11.1. The number of aromatic nitrogens is 5. The van der Waals surface area contributed by atoms with Crippen molar-refractivity contribution in [3.63, 3.8) is 0 Å². The number of hydrogen-bond acceptors (Lipinski definition) is 5. The maximum atomic E-state index is 13.6. The molecule has 4 aromatic rings. The second-order valence-corrected chi connectivity index (χ2v) is 8.58. The van der Waals surface area contributed by atoms with Crippen LogP contribution < -0.4 is 11.3 Å². The molecule has 2 aromatic carbocycles. The van der Waals surface area contributed by atoms with Crippen LogP contribution in [-0.2, 0) is 11.8 Å². The second kappa shape index (κ2) is 8.56. The lowest BCUT2D eigenvalue weighted by molar-refractivity contribution is -0.115. The number of nitrogens with two attached hydrogens (primary N) is 1. The number of nitrogens with zero attached hydrogens (tertiary/aromatic N) is 5. The van der Waals surface area contributed by atoms with Gasteiger partial charge in [0.05, 0.1) is 17.1 Å². The van der Waals surface area contributed by atoms with Crippen molar-refractivity contribution in [2.24, 2.45) is 12.8 Å². The molecular weight excluding hydrogens is 480 g/mol. The number of amides is 1. The van der Waals surface area contributed by atoms with Crippen molar-refractivity contribution in [3.05, 3.63) is 75.1 Å². The summed E-state index contributed by atoms with van der Waals surface area (Å²) in [5, 5.41) is 9.03. The van der Waals surface area contributed by atoms with Crippen molar-refractivity contribution in [2.45, 2.75) is 12.1 Å². The molecule has 1 amide bonds. The Balaban J connectivity index is 2.00. The molecule has 0 fully saturated rings. The average molecular weight is 499 g/mol. The summed E-state index contributed by atoms with van der Waals surface area (Å²) in [6.07, 6.45) is 0. The first kappa shape index (κ1) is 21.1. The van der Waals surface area contributed by atoms with E-state index in [1.54, 1.807) is 13.9 Å². The van der Waals surface area contributed by atoms with Crippen LogP contribution in [0.3, 0.4) is 0 Å². The number of hydrogen-bond donors (Lipinski definition) is 1. The van der Waals surface area contributed by atoms with Crippen LogP contribution >= 0.6 is 27.7 Å². The number of halogens is 1. The van der Waals surface area contributed by atoms with Crippen LogP contribution in [0.1, 0.15) is 5.69 Å². The molecule has 0 aliphatic carbocycles. The zero-order valence-corrected chi connectivity index (χ0v) is 19.2. The summed E-state index contributed by atoms with van der Waals surface area (Å²) in [5.74, 6) is 0.0336. The molecule has 31 heavy (non-hydrogen) atoms. The first-order chi connectivity index (χ1) is 14.9. The standard InChI is InChI=1S/C21H19BrN6O2S/c1-13-18(20(30)28(26(13)2)14-8-4-3-5-9-14)27-19(15-10-6-7-11-16(15)22)24-25-21(27)31-12-17(23)29/h3-11H,12H2,1-2H3,(H2,23,29). The number of thioether (sulfide) groups is 1. The molecule has 0 aliphatic rings. The largest absolute Gasteiger partial charge is 0.369 e. The van der Waals surface area contributed by atoms with Crippen LogP contribution in [0.5, 0.6) is 0 Å². The van der Waals surface area contributed by atoms with E-state index in [1.165, 1.54) is 0 Å². The Labute approximate surface area is 190 Å². The molecule has 0 bridgehead atoms. The number of carbonyl (C=O) groups is 1. The monoisotopic (exact) mass is 498 g/mol. The highest BCUT2D eigenvalue weighted by Gasteiger charge is 2.25. The minimum atomic E-state index is -0.478. The summed E-state index contributed by atoms with van der Waals surface area (Å²) < 4.78 is 5.90. The van der Waals surface area contributed by atoms with Gasteiger partial charge in [0.2, 0.25) is 5.91 Å². The van der Waals surface area contributed by atoms with E-state index in [9.17, 15) is 9.59 Å². The van der Waals surface area contributed by atoms with Gasteiger partial charge in [-0.15, -0.1) is 10.2 Å². The SMILES string of the molecule is Cc1c(-n2c(SCC(N)=O)nnc2-c2ccccc2Br)c(=O)n(-c2ccccc2)n1C. The summed E-state index contributed by atoms with van der Waals surface area (Å²) in [7, 11) is 1.83. The molecule has 158 valence electrons. The van der Waals surface area contributed by atoms with Gasteiger partial charge in [-0.2, -0.15) is 0 Å². The van der Waals surface area contributed by atoms with Gasteiger partial charge in [0, 0.05) is 17.1 Å². The zero-order chi connectivity index (χ0) is 22.1. The summed E-state index contributed by atoms with van der Waals surface area (Å²) >= 11 is 4.70. The predicted molar refractivity (Wildman–Crippen MR) is 124 cm³/mol. The molecule has 2 aromatic heterocycles. The fraction of sp³-hybridized carbons (Fsp3) is 0.143. The summed E-state index contributed by atoms with van der Waals surface area (Å²) in [5.41, 5.74) is 7.77. The average Bonchev–Trinajstić information content (AvgIpc) is 3.25. The number of carbonyl (C=O) groups excluding carboxylic acids is 1. The van der Waals surface area contributed by atoms with Gasteiger partial charge in [-0.1, -0.05) is 64.1 Å². The van der Waals surface area contributed by atoms with E-state index >= 15 is 0 Å². The number of primary amides is 1. The fourth-order valence-electron chi connectivity index (χ4n) is 3.33. The van der Waals surface area contributed by atoms with Crippen LogP contribution in [0.4, 0.5) is 0 Å². The smallest absolute Gasteiger partial charge is 0.296 e. The summed E-state index contributed by atoms with van der Waals surface area (Å²) in [4.78, 5) is 25.0. The molecule has 0 atom stereocenters. The van der Waals surface area contributed by atoms with Gasteiger partial charge in [0.1, 0.15) is 5.69 Å². The molecular formula is C21H19BrN6O2S. The molecule has 0 unspecified atom stereocenters. The number of rotatable bonds is 6. The van der Waals surface area contributed by atoms with Gasteiger partial charge in [-0.25, -0.2) is 4.68 Å². The lowest BCUT2D eigenvalue weighted by Gasteiger charge is -2.10. The van der Waals surface area contributed by atoms with Gasteiger partial charge in [0.15, 0.2) is 11.0 Å². The van der Waals surface area contributed by atoms with E-state index in [0.717, 1.165) is 33.2 Å². The van der Waals surface area contributed by atoms with Crippen molar-refractivity contribution in [2.75, 3.05) is 5.75 Å². The minimum Gasteiger partial charge on any atom is -0.369 e. The minimum absolute atomic E-state index is 0.0207. The molecule has 2 N–H and O–H groups in total. The molecule has 10 heteroatoms. The van der Waals surface area contributed by atoms with Crippen LogP contribution in [0.25, 0.3) is 22.8 Å². The Bertz CT molecular complexity index is 1330. The van der Waals surface area contributed by atoms with Gasteiger partial charge in [0.25, 0.3) is 5.56 Å². The van der Waals surface area contributed by atoms with E-state index in [-0.39, 0.29) is 11.3 Å². The van der Waals surface area contributed by atoms with Crippen molar-refractivity contribution in [1.82, 2.24) is 24.1 Å². The molecule has 0 saturated carbocycles. The third-order valence-corrected chi connectivity index (χ3v) is 6.48. The maximum absolute atomic E-state index is 13.6. The molecule has 2 heterocycles. The van der Waals surface area contributed by atoms with Crippen molar-refractivity contribution < 1.29 is 4.79 Å². The summed E-state index contributed by atoms with van der Waals surface area (Å²) in [6.45, 7) is 1.86. The van der Waals surface area contributed by atoms with Crippen LogP contribution in [-0.4, -0.2) is 35.8 Å². The highest BCUT2D eigenvalue weighted by molar-refractivity contribution is 9.10. The lowest BCUT2D eigenvalue weighted by atomic mass is 10.2. The Hall–Kier alpha value is -3.11. The van der Waals surface area contributed by atoms with Gasteiger partial charge < -0.3 is 5.73 Å². The van der Waals surface area contributed by atoms with Crippen LogP contribution in [0, 0.1) is 6.92 Å². The highest BCUT2D eigenvalue weighted by atomic mass is 79.9. The van der Waals surface area contributed by atoms with Gasteiger partial charge in [-0.3, -0.25) is 18.8 Å². The van der Waals surface area contributed by atoms with Crippen LogP contribution in [0.15, 0.2) is 69.0 Å². The Kier molecular flexibility index (Phi) is 5.84. The van der Waals surface area contributed by atoms with E-state index < -0.39 is 5.91 Å². The second-order valence-electron chi connectivity index (χ2n) is 6.79. The van der Waals surface area contributed by atoms with Crippen molar-refractivity contribution in [1.29, 1.82) is 0 Å². The van der Waals surface area contributed by atoms with Crippen LogP contribution in [0.2, 0.25) is 0 Å². The Morgan fingerprint density at radius 2 is 1.77 bits per heavy atom. The quantitative estimate of drug-likeness (QED) is 0.411. The predicted octanol–water partition coefficient (Wildman–Crippen LogP) is 3.07. The summed E-state index contributed by atoms with van der Waals surface area (Å²) in [6, 6.07) is 17.0. The molecule has 0 spiro atoms. The third-order valence-electron chi connectivity index (χ3n) is 4.84. The van der Waals surface area contributed by atoms with Gasteiger partial charge >= 0.3 is 0 Å². The van der Waals surface area contributed by atoms with E-state index in [1.807, 2.05) is 68.6 Å². The first-order valence-electron chi connectivity index (χ1n) is 9.36. The normalized spacial score (nSPS) is 11.1. The van der Waals surface area contributed by atoms with E-state index in [4.69, 9.17) is 5.73 Å². The third kappa shape index (κ3) is 3.84. The number of benzene rings is 2. The molecule has 0 aliphatic heterocycles. The molecule has 0 saturated heterocycles. The van der Waals surface area contributed by atoms with E-state index in [2.05, 4.69) is 26.1 Å². The highest BCUT2D eigenvalue weighted by Crippen LogP contribution is 2.32. The van der Waals surface area contributed by atoms with E-state index in [0.29, 0.717) is 16.7 Å². The van der Waals surface area contributed by atoms with Gasteiger partial charge in [-0.05, 0) is 25.1 Å². The van der Waals surface area contributed by atoms with Crippen molar-refractivity contribution >= 4 is 33.6 Å². The number of para-hydroxylation sites is 1. The zero-order valence-electron chi connectivity index (χ0n) is 16.8. The molecule has 8 nitrogen and oxygen atoms in total. The lowest BCUT2D eigenvalue weighted by Crippen LogP contribution is -2.22.